The van der Waals surface area contributed by atoms with Crippen LogP contribution in [0.25, 0.3) is 0 Å². The van der Waals surface area contributed by atoms with E-state index in [0.717, 1.165) is 6.42 Å². The first-order chi connectivity index (χ1) is 7.80. The molecule has 0 saturated heterocycles. The van der Waals surface area contributed by atoms with Gasteiger partial charge in [0, 0.05) is 6.04 Å². The van der Waals surface area contributed by atoms with E-state index in [2.05, 4.69) is 0 Å². The lowest BCUT2D eigenvalue weighted by atomic mass is 9.84. The highest BCUT2D eigenvalue weighted by atomic mass is 19.4. The predicted molar refractivity (Wildman–Crippen MR) is 49.9 cm³/mol. The fraction of sp³-hybridized carbons (Fsp3) is 0.800. The normalized spacial score (nSPS) is 35.9. The monoisotopic (exact) mass is 251 g/mol. The van der Waals surface area contributed by atoms with Crippen LogP contribution in [0.2, 0.25) is 0 Å². The molecule has 2 fully saturated rings. The highest BCUT2D eigenvalue weighted by Gasteiger charge is 2.53. The van der Waals surface area contributed by atoms with E-state index >= 15 is 0 Å². The van der Waals surface area contributed by atoms with Gasteiger partial charge in [0.05, 0.1) is 5.92 Å². The number of fused-ring (bicyclic) bond motifs is 2. The van der Waals surface area contributed by atoms with Crippen LogP contribution in [-0.2, 0) is 9.59 Å². The first-order valence-corrected chi connectivity index (χ1v) is 5.41. The van der Waals surface area contributed by atoms with Gasteiger partial charge in [-0.25, -0.2) is 0 Å². The smallest absolute Gasteiger partial charge is 0.471 e. The highest BCUT2D eigenvalue weighted by molar-refractivity contribution is 5.83. The molecule has 2 saturated carbocycles. The van der Waals surface area contributed by atoms with Gasteiger partial charge in [-0.2, -0.15) is 13.2 Å². The van der Waals surface area contributed by atoms with Gasteiger partial charge in [0.1, 0.15) is 0 Å². The van der Waals surface area contributed by atoms with Gasteiger partial charge in [-0.15, -0.1) is 0 Å². The summed E-state index contributed by atoms with van der Waals surface area (Å²) in [6.07, 6.45) is -2.94. The summed E-state index contributed by atoms with van der Waals surface area (Å²) in [6, 6.07) is -0.875. The van der Waals surface area contributed by atoms with Crippen molar-refractivity contribution in [1.29, 1.82) is 0 Å². The van der Waals surface area contributed by atoms with Crippen molar-refractivity contribution in [3.05, 3.63) is 0 Å². The quantitative estimate of drug-likeness (QED) is 0.774. The van der Waals surface area contributed by atoms with Gasteiger partial charge >= 0.3 is 18.1 Å². The van der Waals surface area contributed by atoms with Crippen LogP contribution in [0.15, 0.2) is 0 Å². The molecule has 0 heterocycles. The lowest BCUT2D eigenvalue weighted by Crippen LogP contribution is -2.50. The zero-order valence-corrected chi connectivity index (χ0v) is 8.83. The molecule has 2 aliphatic carbocycles. The van der Waals surface area contributed by atoms with Gasteiger partial charge in [0.2, 0.25) is 0 Å². The van der Waals surface area contributed by atoms with Gasteiger partial charge in [0.25, 0.3) is 0 Å². The topological polar surface area (TPSA) is 66.4 Å². The van der Waals surface area contributed by atoms with E-state index in [1.807, 2.05) is 5.32 Å². The largest absolute Gasteiger partial charge is 0.481 e. The second-order valence-electron chi connectivity index (χ2n) is 4.69. The van der Waals surface area contributed by atoms with Crippen LogP contribution in [-0.4, -0.2) is 29.2 Å². The van der Waals surface area contributed by atoms with Crippen LogP contribution >= 0.6 is 0 Å². The maximum absolute atomic E-state index is 12.1. The Hall–Kier alpha value is -1.27. The molecule has 2 bridgehead atoms. The van der Waals surface area contributed by atoms with Gasteiger partial charge in [-0.1, -0.05) is 0 Å². The Morgan fingerprint density at radius 3 is 2.29 bits per heavy atom. The van der Waals surface area contributed by atoms with Gasteiger partial charge in [-0.3, -0.25) is 9.59 Å². The molecule has 96 valence electrons. The summed E-state index contributed by atoms with van der Waals surface area (Å²) in [4.78, 5) is 21.8. The summed E-state index contributed by atoms with van der Waals surface area (Å²) < 4.78 is 36.3. The first kappa shape index (κ1) is 12.2. The van der Waals surface area contributed by atoms with E-state index in [4.69, 9.17) is 5.11 Å². The van der Waals surface area contributed by atoms with Crippen LogP contribution in [0.1, 0.15) is 19.3 Å². The molecule has 0 spiro atoms. The molecular weight excluding hydrogens is 239 g/mol. The molecule has 17 heavy (non-hydrogen) atoms. The molecule has 0 aliphatic heterocycles. The third kappa shape index (κ3) is 2.10. The Balaban J connectivity index is 2.10. The summed E-state index contributed by atoms with van der Waals surface area (Å²) in [7, 11) is 0. The third-order valence-electron chi connectivity index (χ3n) is 3.76. The number of carbonyl (C=O) groups excluding carboxylic acids is 1. The van der Waals surface area contributed by atoms with E-state index in [1.165, 1.54) is 0 Å². The number of hydrogen-bond donors (Lipinski definition) is 2. The van der Waals surface area contributed by atoms with Crippen LogP contribution in [0.3, 0.4) is 0 Å². The maximum atomic E-state index is 12.1. The van der Waals surface area contributed by atoms with Crippen molar-refractivity contribution in [2.45, 2.75) is 31.5 Å². The van der Waals surface area contributed by atoms with Crippen molar-refractivity contribution in [3.63, 3.8) is 0 Å². The zero-order chi connectivity index (χ0) is 12.8. The fourth-order valence-electron chi connectivity index (χ4n) is 3.09. The van der Waals surface area contributed by atoms with Crippen molar-refractivity contribution >= 4 is 11.9 Å². The minimum atomic E-state index is -4.95. The number of rotatable bonds is 2. The molecule has 0 aromatic carbocycles. The van der Waals surface area contributed by atoms with Gasteiger partial charge in [0.15, 0.2) is 0 Å². The molecule has 7 heteroatoms. The van der Waals surface area contributed by atoms with Gasteiger partial charge in [-0.05, 0) is 31.1 Å². The Morgan fingerprint density at radius 1 is 1.18 bits per heavy atom. The number of aliphatic carboxylic acids is 1. The van der Waals surface area contributed by atoms with Crippen molar-refractivity contribution in [3.8, 4) is 0 Å². The summed E-state index contributed by atoms with van der Waals surface area (Å²) in [5.41, 5.74) is 0. The number of carbonyl (C=O) groups is 2. The van der Waals surface area contributed by atoms with Crippen LogP contribution in [0.5, 0.6) is 0 Å². The first-order valence-electron chi connectivity index (χ1n) is 5.41. The second-order valence-corrected chi connectivity index (χ2v) is 4.69. The number of nitrogens with one attached hydrogen (secondary N) is 1. The zero-order valence-electron chi connectivity index (χ0n) is 8.83. The van der Waals surface area contributed by atoms with Crippen molar-refractivity contribution < 1.29 is 27.9 Å². The molecule has 1 amide bonds. The van der Waals surface area contributed by atoms with E-state index in [9.17, 15) is 22.8 Å². The van der Waals surface area contributed by atoms with E-state index in [-0.39, 0.29) is 11.8 Å². The molecule has 4 nitrogen and oxygen atoms in total. The molecule has 0 radical (unpaired) electrons. The molecule has 4 unspecified atom stereocenters. The summed E-state index contributed by atoms with van der Waals surface area (Å²) in [5.74, 6) is -4.27. The lowest BCUT2D eigenvalue weighted by Gasteiger charge is -2.29. The van der Waals surface area contributed by atoms with Crippen molar-refractivity contribution in [1.82, 2.24) is 5.32 Å². The Morgan fingerprint density at radius 2 is 1.76 bits per heavy atom. The fourth-order valence-corrected chi connectivity index (χ4v) is 3.09. The maximum Gasteiger partial charge on any atom is 0.471 e. The standard InChI is InChI=1S/C10H12F3NO3/c11-10(12,13)9(17)14-7-5-2-1-4(3-5)6(7)8(15)16/h4-7H,1-3H2,(H,14,17)(H,15,16). The van der Waals surface area contributed by atoms with Crippen molar-refractivity contribution in [2.24, 2.45) is 17.8 Å². The number of hydrogen-bond acceptors (Lipinski definition) is 2. The second kappa shape index (κ2) is 3.89. The number of amides is 1. The summed E-state index contributed by atoms with van der Waals surface area (Å²) >= 11 is 0. The average molecular weight is 251 g/mol. The number of alkyl halides is 3. The summed E-state index contributed by atoms with van der Waals surface area (Å²) in [6.45, 7) is 0. The van der Waals surface area contributed by atoms with E-state index < -0.39 is 30.0 Å². The van der Waals surface area contributed by atoms with E-state index in [0.29, 0.717) is 12.8 Å². The van der Waals surface area contributed by atoms with Crippen LogP contribution < -0.4 is 5.32 Å². The van der Waals surface area contributed by atoms with Crippen LogP contribution in [0, 0.1) is 17.8 Å². The predicted octanol–water partition coefficient (Wildman–Crippen LogP) is 1.16. The molecular formula is C10H12F3NO3. The molecule has 0 aromatic heterocycles. The number of carboxylic acid groups (broad SMARTS) is 1. The molecule has 0 aromatic rings. The van der Waals surface area contributed by atoms with Gasteiger partial charge < -0.3 is 10.4 Å². The average Bonchev–Trinajstić information content (AvgIpc) is 2.75. The molecule has 2 rings (SSSR count). The Bertz CT molecular complexity index is 355. The third-order valence-corrected chi connectivity index (χ3v) is 3.76. The minimum absolute atomic E-state index is 0.101. The SMILES string of the molecule is O=C(O)C1C2CCC(C2)C1NC(=O)C(F)(F)F. The number of carboxylic acids is 1. The van der Waals surface area contributed by atoms with Crippen molar-refractivity contribution in [2.75, 3.05) is 0 Å². The minimum Gasteiger partial charge on any atom is -0.481 e. The number of halogens is 3. The lowest BCUT2D eigenvalue weighted by molar-refractivity contribution is -0.175. The van der Waals surface area contributed by atoms with Crippen LogP contribution in [0.4, 0.5) is 13.2 Å². The highest BCUT2D eigenvalue weighted by Crippen LogP contribution is 2.48. The molecule has 4 atom stereocenters. The Kier molecular flexibility index (Phi) is 2.79. The Labute approximate surface area is 95.2 Å². The summed E-state index contributed by atoms with van der Waals surface area (Å²) in [5, 5.41) is 10.8. The molecule has 2 aliphatic rings. The molecule has 2 N–H and O–H groups in total. The van der Waals surface area contributed by atoms with E-state index in [1.54, 1.807) is 0 Å².